The van der Waals surface area contributed by atoms with Crippen LogP contribution in [0.2, 0.25) is 5.02 Å². The number of nitro benzene ring substituents is 1. The van der Waals surface area contributed by atoms with Gasteiger partial charge in [-0.1, -0.05) is 47.6 Å². The van der Waals surface area contributed by atoms with Crippen LogP contribution in [-0.2, 0) is 4.79 Å². The fourth-order valence-corrected chi connectivity index (χ4v) is 7.15. The summed E-state index contributed by atoms with van der Waals surface area (Å²) in [6.45, 7) is 0. The minimum Gasteiger partial charge on any atom is -0.322 e. The van der Waals surface area contributed by atoms with Crippen LogP contribution in [0.5, 0.6) is 0 Å². The lowest BCUT2D eigenvalue weighted by atomic mass is 10.2. The number of fused-ring (bicyclic) bond motifs is 1. The Hall–Kier alpha value is -4.49. The summed E-state index contributed by atoms with van der Waals surface area (Å²) in [5.41, 5.74) is 2.92. The van der Waals surface area contributed by atoms with Crippen LogP contribution >= 0.6 is 46.5 Å². The number of aromatic nitrogens is 1. The summed E-state index contributed by atoms with van der Waals surface area (Å²) in [6.07, 6.45) is 1.59. The van der Waals surface area contributed by atoms with Gasteiger partial charge in [0, 0.05) is 22.3 Å². The zero-order chi connectivity index (χ0) is 29.9. The van der Waals surface area contributed by atoms with Crippen LogP contribution in [0.15, 0.2) is 110 Å². The van der Waals surface area contributed by atoms with Gasteiger partial charge in [-0.2, -0.15) is 0 Å². The van der Waals surface area contributed by atoms with Gasteiger partial charge >= 0.3 is 0 Å². The van der Waals surface area contributed by atoms with Gasteiger partial charge in [0.2, 0.25) is 0 Å². The number of benzene rings is 4. The van der Waals surface area contributed by atoms with E-state index in [0.29, 0.717) is 46.8 Å². The number of aliphatic imine (C=N–C) groups is 1. The number of amides is 2. The van der Waals surface area contributed by atoms with E-state index in [1.165, 1.54) is 29.2 Å². The number of carbonyl (C=O) groups excluding carboxylic acids is 2. The third kappa shape index (κ3) is 6.78. The molecule has 5 aromatic rings. The normalized spacial score (nSPS) is 14.8. The molecular weight excluding hydrogens is 626 g/mol. The number of halogens is 1. The van der Waals surface area contributed by atoms with Crippen LogP contribution in [-0.4, -0.2) is 26.9 Å². The molecule has 2 heterocycles. The lowest BCUT2D eigenvalue weighted by molar-refractivity contribution is -0.387. The Kier molecular flexibility index (Phi) is 8.25. The van der Waals surface area contributed by atoms with Gasteiger partial charge in [-0.25, -0.2) is 9.98 Å². The van der Waals surface area contributed by atoms with Crippen LogP contribution in [0, 0.1) is 10.1 Å². The summed E-state index contributed by atoms with van der Waals surface area (Å²) in [4.78, 5) is 46.4. The van der Waals surface area contributed by atoms with Gasteiger partial charge in [0.05, 0.1) is 30.6 Å². The topological polar surface area (TPSA) is 127 Å². The van der Waals surface area contributed by atoms with E-state index in [4.69, 9.17) is 11.6 Å². The average Bonchev–Trinajstić information content (AvgIpc) is 3.56. The van der Waals surface area contributed by atoms with E-state index in [1.807, 2.05) is 12.1 Å². The molecule has 0 aliphatic carbocycles. The first-order chi connectivity index (χ1) is 20.8. The number of hydrogen-bond acceptors (Lipinski definition) is 9. The zero-order valence-corrected chi connectivity index (χ0v) is 25.0. The molecule has 9 nitrogen and oxygen atoms in total. The van der Waals surface area contributed by atoms with Gasteiger partial charge in [-0.05, 0) is 84.1 Å². The van der Waals surface area contributed by atoms with Crippen LogP contribution in [0.4, 0.5) is 17.1 Å². The van der Waals surface area contributed by atoms with E-state index in [1.54, 1.807) is 78.9 Å². The highest BCUT2D eigenvalue weighted by Gasteiger charge is 2.25. The number of nitro groups is 1. The second-order valence-corrected chi connectivity index (χ2v) is 12.8. The Bertz CT molecular complexity index is 1960. The predicted octanol–water partition coefficient (Wildman–Crippen LogP) is 8.15. The average molecular weight is 644 g/mol. The smallest absolute Gasteiger partial charge is 0.283 e. The Morgan fingerprint density at radius 2 is 1.84 bits per heavy atom. The van der Waals surface area contributed by atoms with E-state index in [9.17, 15) is 19.7 Å². The molecule has 2 N–H and O–H groups in total. The Labute approximate surface area is 262 Å². The van der Waals surface area contributed by atoms with Crippen molar-refractivity contribution in [2.45, 2.75) is 9.24 Å². The molecule has 1 aromatic heterocycles. The number of carbonyl (C=O) groups is 2. The van der Waals surface area contributed by atoms with Gasteiger partial charge in [-0.3, -0.25) is 19.7 Å². The van der Waals surface area contributed by atoms with Crippen molar-refractivity contribution in [1.29, 1.82) is 0 Å². The highest BCUT2D eigenvalue weighted by Crippen LogP contribution is 2.40. The quantitative estimate of drug-likeness (QED) is 0.104. The maximum Gasteiger partial charge on any atom is 0.283 e. The molecule has 1 fully saturated rings. The van der Waals surface area contributed by atoms with E-state index >= 15 is 0 Å². The molecule has 0 unspecified atom stereocenters. The number of thioether (sulfide) groups is 1. The van der Waals surface area contributed by atoms with Crippen LogP contribution in [0.1, 0.15) is 15.9 Å². The van der Waals surface area contributed by atoms with Gasteiger partial charge in [0.25, 0.3) is 17.5 Å². The van der Waals surface area contributed by atoms with Crippen LogP contribution in [0.3, 0.4) is 0 Å². The highest BCUT2D eigenvalue weighted by atomic mass is 35.5. The fourth-order valence-electron chi connectivity index (χ4n) is 4.03. The Morgan fingerprint density at radius 1 is 1.05 bits per heavy atom. The van der Waals surface area contributed by atoms with Crippen molar-refractivity contribution in [3.8, 4) is 0 Å². The lowest BCUT2D eigenvalue weighted by Gasteiger charge is -2.04. The molecule has 1 saturated heterocycles. The number of rotatable bonds is 7. The number of hydrogen-bond donors (Lipinski definition) is 2. The Balaban J connectivity index is 1.19. The minimum atomic E-state index is -0.454. The number of anilines is 1. The molecular formula is C30H18ClN5O4S3. The van der Waals surface area contributed by atoms with E-state index < -0.39 is 4.92 Å². The van der Waals surface area contributed by atoms with Crippen molar-refractivity contribution in [3.63, 3.8) is 0 Å². The second kappa shape index (κ2) is 12.4. The molecule has 0 spiro atoms. The zero-order valence-electron chi connectivity index (χ0n) is 21.8. The van der Waals surface area contributed by atoms with Crippen molar-refractivity contribution in [3.05, 3.63) is 122 Å². The van der Waals surface area contributed by atoms with Gasteiger partial charge in [-0.15, -0.1) is 11.3 Å². The monoisotopic (exact) mass is 643 g/mol. The molecule has 1 aliphatic rings. The molecule has 1 aliphatic heterocycles. The lowest BCUT2D eigenvalue weighted by Crippen LogP contribution is -2.19. The highest BCUT2D eigenvalue weighted by molar-refractivity contribution is 8.18. The first-order valence-corrected chi connectivity index (χ1v) is 15.4. The fraction of sp³-hybridized carbons (Fsp3) is 0. The number of nitrogens with one attached hydrogen (secondary N) is 2. The van der Waals surface area contributed by atoms with E-state index in [0.717, 1.165) is 22.0 Å². The van der Waals surface area contributed by atoms with Crippen LogP contribution in [0.25, 0.3) is 16.3 Å². The summed E-state index contributed by atoms with van der Waals surface area (Å²) in [5.74, 6) is -0.559. The molecule has 0 radical (unpaired) electrons. The summed E-state index contributed by atoms with van der Waals surface area (Å²) in [6, 6.07) is 26.0. The van der Waals surface area contributed by atoms with Gasteiger partial charge < -0.3 is 10.6 Å². The van der Waals surface area contributed by atoms with Crippen molar-refractivity contribution in [2.75, 3.05) is 5.32 Å². The maximum atomic E-state index is 12.5. The number of nitrogens with zero attached hydrogens (tertiary/aromatic N) is 3. The molecule has 212 valence electrons. The van der Waals surface area contributed by atoms with Crippen LogP contribution < -0.4 is 10.6 Å². The van der Waals surface area contributed by atoms with Crippen molar-refractivity contribution in [1.82, 2.24) is 10.3 Å². The maximum absolute atomic E-state index is 12.5. The molecule has 6 rings (SSSR count). The van der Waals surface area contributed by atoms with E-state index in [-0.39, 0.29) is 17.5 Å². The molecule has 0 bridgehead atoms. The molecule has 4 aromatic carbocycles. The molecule has 13 heteroatoms. The van der Waals surface area contributed by atoms with E-state index in [2.05, 4.69) is 20.6 Å². The third-order valence-corrected chi connectivity index (χ3v) is 9.35. The first kappa shape index (κ1) is 28.6. The predicted molar refractivity (Wildman–Crippen MR) is 173 cm³/mol. The molecule has 0 saturated carbocycles. The van der Waals surface area contributed by atoms with Gasteiger partial charge in [0.15, 0.2) is 9.51 Å². The summed E-state index contributed by atoms with van der Waals surface area (Å²) >= 11 is 9.62. The summed E-state index contributed by atoms with van der Waals surface area (Å²) in [5, 5.41) is 18.6. The molecule has 43 heavy (non-hydrogen) atoms. The van der Waals surface area contributed by atoms with Gasteiger partial charge in [0.1, 0.15) is 0 Å². The minimum absolute atomic E-state index is 0.104. The third-order valence-electron chi connectivity index (χ3n) is 6.05. The second-order valence-electron chi connectivity index (χ2n) is 9.03. The van der Waals surface area contributed by atoms with Crippen molar-refractivity contribution < 1.29 is 14.5 Å². The number of amidine groups is 1. The van der Waals surface area contributed by atoms with Crippen molar-refractivity contribution >= 4 is 96.8 Å². The van der Waals surface area contributed by atoms with Crippen molar-refractivity contribution in [2.24, 2.45) is 4.99 Å². The first-order valence-electron chi connectivity index (χ1n) is 12.6. The number of thiazole rings is 1. The SMILES string of the molecule is O=C1NC(=Nc2ccc(Cl)cc2)S/C1=C\c1ccc(Sc2nc3ccc(NC(=O)c4ccccc4)cc3s2)c([N+](=O)[O-])c1. The summed E-state index contributed by atoms with van der Waals surface area (Å²) in [7, 11) is 0. The standard InChI is InChI=1S/C30H18ClN5O4S3/c31-19-7-9-20(10-8-19)33-29-35-28(38)26(41-29)15-17-6-13-24(23(14-17)36(39)40)42-30-34-22-12-11-21(16-25(22)43-30)32-27(37)18-4-2-1-3-5-18/h1-16H,(H,32,37)(H,33,35,38)/b26-15-. The summed E-state index contributed by atoms with van der Waals surface area (Å²) < 4.78 is 1.45. The Morgan fingerprint density at radius 3 is 2.60 bits per heavy atom. The molecule has 0 atom stereocenters. The molecule has 2 amide bonds. The largest absolute Gasteiger partial charge is 0.322 e.